The minimum absolute atomic E-state index is 0.0435. The Morgan fingerprint density at radius 2 is 2.03 bits per heavy atom. The number of hydrogen-bond acceptors (Lipinski definition) is 3. The van der Waals surface area contributed by atoms with Crippen LogP contribution in [-0.4, -0.2) is 19.7 Å². The lowest BCUT2D eigenvalue weighted by molar-refractivity contribution is -0.137. The number of nitrogens with zero attached hydrogens (tertiary/aromatic N) is 2. The lowest BCUT2D eigenvalue weighted by Crippen LogP contribution is -2.37. The molecule has 0 N–H and O–H groups in total. The smallest absolute Gasteiger partial charge is 0.267 e. The van der Waals surface area contributed by atoms with Crippen molar-refractivity contribution in [3.63, 3.8) is 0 Å². The van der Waals surface area contributed by atoms with E-state index >= 15 is 0 Å². The molecule has 0 saturated carbocycles. The zero-order valence-corrected chi connectivity index (χ0v) is 17.5. The second-order valence-corrected chi connectivity index (χ2v) is 9.51. The third-order valence-electron chi connectivity index (χ3n) is 5.23. The minimum atomic E-state index is -4.76. The van der Waals surface area contributed by atoms with Crippen LogP contribution in [0.1, 0.15) is 44.7 Å². The maximum Gasteiger partial charge on any atom is 0.417 e. The molecule has 0 amide bonds. The van der Waals surface area contributed by atoms with Gasteiger partial charge < -0.3 is 0 Å². The zero-order valence-electron chi connectivity index (χ0n) is 16.6. The average Bonchev–Trinajstić information content (AvgIpc) is 2.88. The van der Waals surface area contributed by atoms with Crippen molar-refractivity contribution in [2.75, 3.05) is 4.31 Å². The first kappa shape index (κ1) is 23.0. The molecule has 158 valence electrons. The molecule has 1 aromatic carbocycles. The highest BCUT2D eigenvalue weighted by molar-refractivity contribution is 7.93. The standard InChI is InChI=1S/C21H25F3N2O2S/c1-5-7-16-12-20(18(8-6-2)14(3)4)29(27,28)26(16)17-10-9-15(13-25)19(11-17)21(22,23)24/h5-6,8-11,14,16,18,20H,1,7,12H2,2-4H3/b8-6-/t16-,18-,20+/m1/s1. The van der Waals surface area contributed by atoms with E-state index in [2.05, 4.69) is 6.58 Å². The van der Waals surface area contributed by atoms with Crippen LogP contribution >= 0.6 is 0 Å². The van der Waals surface area contributed by atoms with Crippen LogP contribution in [-0.2, 0) is 16.2 Å². The average molecular weight is 427 g/mol. The first-order chi connectivity index (χ1) is 13.5. The Hall–Kier alpha value is -2.27. The molecule has 2 rings (SSSR count). The Bertz CT molecular complexity index is 930. The van der Waals surface area contributed by atoms with Gasteiger partial charge in [-0.2, -0.15) is 18.4 Å². The van der Waals surface area contributed by atoms with Crippen LogP contribution < -0.4 is 4.31 Å². The van der Waals surface area contributed by atoms with Gasteiger partial charge in [0, 0.05) is 6.04 Å². The van der Waals surface area contributed by atoms with E-state index in [1.807, 2.05) is 26.8 Å². The van der Waals surface area contributed by atoms with Gasteiger partial charge in [-0.05, 0) is 49.8 Å². The first-order valence-corrected chi connectivity index (χ1v) is 10.9. The Balaban J connectivity index is 2.64. The van der Waals surface area contributed by atoms with Crippen molar-refractivity contribution in [2.45, 2.75) is 51.1 Å². The zero-order chi connectivity index (χ0) is 22.0. The Kier molecular flexibility index (Phi) is 6.84. The molecule has 3 atom stereocenters. The van der Waals surface area contributed by atoms with Crippen molar-refractivity contribution in [3.8, 4) is 6.07 Å². The van der Waals surface area contributed by atoms with E-state index in [0.717, 1.165) is 16.4 Å². The van der Waals surface area contributed by atoms with Crippen LogP contribution in [0.15, 0.2) is 43.0 Å². The molecule has 1 heterocycles. The molecular formula is C21H25F3N2O2S. The van der Waals surface area contributed by atoms with Gasteiger partial charge in [0.15, 0.2) is 0 Å². The maximum absolute atomic E-state index is 13.4. The number of sulfonamides is 1. The second-order valence-electron chi connectivity index (χ2n) is 7.48. The van der Waals surface area contributed by atoms with Crippen LogP contribution in [0.3, 0.4) is 0 Å². The molecule has 0 aromatic heterocycles. The molecule has 29 heavy (non-hydrogen) atoms. The molecule has 1 fully saturated rings. The molecular weight excluding hydrogens is 401 g/mol. The maximum atomic E-state index is 13.4. The Morgan fingerprint density at radius 3 is 2.52 bits per heavy atom. The van der Waals surface area contributed by atoms with Crippen LogP contribution in [0.2, 0.25) is 0 Å². The minimum Gasteiger partial charge on any atom is -0.267 e. The van der Waals surface area contributed by atoms with Gasteiger partial charge in [-0.3, -0.25) is 4.31 Å². The molecule has 0 radical (unpaired) electrons. The summed E-state index contributed by atoms with van der Waals surface area (Å²) in [5.41, 5.74) is -1.75. The van der Waals surface area contributed by atoms with Crippen LogP contribution in [0.4, 0.5) is 18.9 Å². The molecule has 8 heteroatoms. The highest BCUT2D eigenvalue weighted by Crippen LogP contribution is 2.42. The van der Waals surface area contributed by atoms with Crippen molar-refractivity contribution < 1.29 is 21.6 Å². The second kappa shape index (κ2) is 8.62. The number of anilines is 1. The van der Waals surface area contributed by atoms with E-state index in [1.165, 1.54) is 12.1 Å². The van der Waals surface area contributed by atoms with E-state index < -0.39 is 38.6 Å². The third kappa shape index (κ3) is 4.50. The number of rotatable bonds is 6. The van der Waals surface area contributed by atoms with E-state index in [-0.39, 0.29) is 17.5 Å². The van der Waals surface area contributed by atoms with Gasteiger partial charge in [0.25, 0.3) is 0 Å². The lowest BCUT2D eigenvalue weighted by atomic mass is 9.88. The Morgan fingerprint density at radius 1 is 1.38 bits per heavy atom. The molecule has 0 unspecified atom stereocenters. The molecule has 0 spiro atoms. The highest BCUT2D eigenvalue weighted by Gasteiger charge is 2.49. The quantitative estimate of drug-likeness (QED) is 0.582. The molecule has 0 aliphatic carbocycles. The number of hydrogen-bond donors (Lipinski definition) is 0. The summed E-state index contributed by atoms with van der Waals surface area (Å²) in [7, 11) is -3.92. The van der Waals surface area contributed by atoms with E-state index in [0.29, 0.717) is 12.8 Å². The molecule has 1 saturated heterocycles. The van der Waals surface area contributed by atoms with Gasteiger partial charge in [-0.1, -0.05) is 32.1 Å². The van der Waals surface area contributed by atoms with Gasteiger partial charge in [-0.25, -0.2) is 8.42 Å². The van der Waals surface area contributed by atoms with Crippen molar-refractivity contribution in [3.05, 3.63) is 54.1 Å². The molecule has 1 aliphatic rings. The molecule has 1 aromatic rings. The number of nitriles is 1. The summed E-state index contributed by atoms with van der Waals surface area (Å²) in [5, 5.41) is 8.27. The number of allylic oxidation sites excluding steroid dienone is 2. The third-order valence-corrected chi connectivity index (χ3v) is 7.56. The van der Waals surface area contributed by atoms with Gasteiger partial charge >= 0.3 is 6.18 Å². The van der Waals surface area contributed by atoms with Gasteiger partial charge in [-0.15, -0.1) is 6.58 Å². The fourth-order valence-corrected chi connectivity index (χ4v) is 6.49. The fourth-order valence-electron chi connectivity index (χ4n) is 3.94. The van der Waals surface area contributed by atoms with Gasteiger partial charge in [0.2, 0.25) is 10.0 Å². The summed E-state index contributed by atoms with van der Waals surface area (Å²) in [6.07, 6.45) is 1.07. The SMILES string of the molecule is C=CC[C@@H]1C[C@@H]([C@H](/C=C\C)C(C)C)S(=O)(=O)N1c1ccc(C#N)c(C(F)(F)F)c1. The van der Waals surface area contributed by atoms with E-state index in [1.54, 1.807) is 12.2 Å². The van der Waals surface area contributed by atoms with Crippen molar-refractivity contribution in [1.29, 1.82) is 5.26 Å². The van der Waals surface area contributed by atoms with Gasteiger partial charge in [0.05, 0.1) is 28.1 Å². The topological polar surface area (TPSA) is 61.2 Å². The summed E-state index contributed by atoms with van der Waals surface area (Å²) in [5.74, 6) is -0.218. The van der Waals surface area contributed by atoms with Crippen molar-refractivity contribution >= 4 is 15.7 Å². The predicted molar refractivity (Wildman–Crippen MR) is 108 cm³/mol. The summed E-state index contributed by atoms with van der Waals surface area (Å²) in [6, 6.07) is 4.05. The number of benzene rings is 1. The number of alkyl halides is 3. The van der Waals surface area contributed by atoms with Crippen molar-refractivity contribution in [2.24, 2.45) is 11.8 Å². The van der Waals surface area contributed by atoms with Crippen LogP contribution in [0, 0.1) is 23.2 Å². The molecule has 4 nitrogen and oxygen atoms in total. The monoisotopic (exact) mass is 426 g/mol. The fraction of sp³-hybridized carbons (Fsp3) is 0.476. The largest absolute Gasteiger partial charge is 0.417 e. The van der Waals surface area contributed by atoms with Gasteiger partial charge in [0.1, 0.15) is 0 Å². The van der Waals surface area contributed by atoms with Crippen LogP contribution in [0.25, 0.3) is 0 Å². The van der Waals surface area contributed by atoms with Crippen LogP contribution in [0.5, 0.6) is 0 Å². The highest BCUT2D eigenvalue weighted by atomic mass is 32.2. The Labute approximate surface area is 170 Å². The van der Waals surface area contributed by atoms with E-state index in [9.17, 15) is 21.6 Å². The lowest BCUT2D eigenvalue weighted by Gasteiger charge is -2.27. The summed E-state index contributed by atoms with van der Waals surface area (Å²) < 4.78 is 68.2. The first-order valence-electron chi connectivity index (χ1n) is 9.37. The molecule has 0 bridgehead atoms. The normalized spacial score (nSPS) is 22.8. The summed E-state index contributed by atoms with van der Waals surface area (Å²) in [4.78, 5) is 0. The van der Waals surface area contributed by atoms with Crippen molar-refractivity contribution in [1.82, 2.24) is 0 Å². The summed E-state index contributed by atoms with van der Waals surface area (Å²) >= 11 is 0. The predicted octanol–water partition coefficient (Wildman–Crippen LogP) is 5.28. The summed E-state index contributed by atoms with van der Waals surface area (Å²) in [6.45, 7) is 9.33. The number of halogens is 3. The van der Waals surface area contributed by atoms with E-state index in [4.69, 9.17) is 5.26 Å². The molecule has 1 aliphatic heterocycles.